The molecule has 3 rings (SSSR count). The van der Waals surface area contributed by atoms with Crippen LogP contribution in [0.15, 0.2) is 52.9 Å². The van der Waals surface area contributed by atoms with Gasteiger partial charge in [0.1, 0.15) is 0 Å². The second-order valence-electron chi connectivity index (χ2n) is 4.50. The molecule has 5 heteroatoms. The van der Waals surface area contributed by atoms with Crippen molar-refractivity contribution < 1.29 is 13.9 Å². The molecule has 1 amide bonds. The first-order chi connectivity index (χ1) is 10.2. The van der Waals surface area contributed by atoms with E-state index in [4.69, 9.17) is 14.9 Å². The summed E-state index contributed by atoms with van der Waals surface area (Å²) in [6.07, 6.45) is 0. The van der Waals surface area contributed by atoms with E-state index >= 15 is 0 Å². The van der Waals surface area contributed by atoms with E-state index in [1.165, 1.54) is 7.11 Å². The molecule has 3 aromatic rings. The molecule has 0 aliphatic rings. The Morgan fingerprint density at radius 3 is 2.62 bits per heavy atom. The first-order valence-corrected chi connectivity index (χ1v) is 6.42. The highest BCUT2D eigenvalue weighted by molar-refractivity contribution is 6.11. The molecule has 0 fully saturated rings. The number of para-hydroxylation sites is 2. The van der Waals surface area contributed by atoms with Crippen molar-refractivity contribution in [2.45, 2.75) is 0 Å². The molecule has 0 bridgehead atoms. The van der Waals surface area contributed by atoms with Gasteiger partial charge in [0.15, 0.2) is 11.3 Å². The fraction of sp³-hybridized carbons (Fsp3) is 0.0625. The maximum absolute atomic E-state index is 12.3. The highest BCUT2D eigenvalue weighted by Crippen LogP contribution is 2.34. The number of rotatable bonds is 3. The Kier molecular flexibility index (Phi) is 3.23. The van der Waals surface area contributed by atoms with Gasteiger partial charge < -0.3 is 20.2 Å². The largest absolute Gasteiger partial charge is 0.493 e. The Labute approximate surface area is 121 Å². The molecule has 1 aromatic heterocycles. The maximum Gasteiger partial charge on any atom is 0.293 e. The number of furan rings is 1. The summed E-state index contributed by atoms with van der Waals surface area (Å²) in [6.45, 7) is 0. The van der Waals surface area contributed by atoms with Crippen LogP contribution in [0, 0.1) is 0 Å². The number of nitrogens with one attached hydrogen (secondary N) is 1. The average Bonchev–Trinajstić information content (AvgIpc) is 2.86. The molecular weight excluding hydrogens is 268 g/mol. The Balaban J connectivity index is 2.01. The van der Waals surface area contributed by atoms with Gasteiger partial charge in [-0.15, -0.1) is 0 Å². The quantitative estimate of drug-likeness (QED) is 0.772. The third-order valence-corrected chi connectivity index (χ3v) is 3.18. The van der Waals surface area contributed by atoms with E-state index in [0.717, 1.165) is 0 Å². The van der Waals surface area contributed by atoms with Gasteiger partial charge in [-0.2, -0.15) is 0 Å². The van der Waals surface area contributed by atoms with Crippen molar-refractivity contribution >= 4 is 28.3 Å². The van der Waals surface area contributed by atoms with E-state index < -0.39 is 5.91 Å². The minimum Gasteiger partial charge on any atom is -0.493 e. The van der Waals surface area contributed by atoms with Crippen molar-refractivity contribution in [1.29, 1.82) is 0 Å². The lowest BCUT2D eigenvalue weighted by atomic mass is 10.2. The van der Waals surface area contributed by atoms with E-state index in [1.807, 2.05) is 18.2 Å². The minimum atomic E-state index is -0.392. The number of benzene rings is 2. The molecule has 0 radical (unpaired) electrons. The lowest BCUT2D eigenvalue weighted by molar-refractivity contribution is 0.0999. The molecule has 0 unspecified atom stereocenters. The van der Waals surface area contributed by atoms with Gasteiger partial charge in [-0.05, 0) is 24.3 Å². The van der Waals surface area contributed by atoms with Gasteiger partial charge in [0.2, 0.25) is 5.76 Å². The highest BCUT2D eigenvalue weighted by Gasteiger charge is 2.20. The number of carbonyl (C=O) groups is 1. The first kappa shape index (κ1) is 13.1. The molecule has 0 atom stereocenters. The molecule has 21 heavy (non-hydrogen) atoms. The Morgan fingerprint density at radius 2 is 1.90 bits per heavy atom. The van der Waals surface area contributed by atoms with Gasteiger partial charge in [-0.1, -0.05) is 24.3 Å². The predicted octanol–water partition coefficient (Wildman–Crippen LogP) is 3.28. The van der Waals surface area contributed by atoms with E-state index in [-0.39, 0.29) is 5.76 Å². The Morgan fingerprint density at radius 1 is 1.14 bits per heavy atom. The van der Waals surface area contributed by atoms with Crippen LogP contribution in [0.2, 0.25) is 0 Å². The number of methoxy groups -OCH3 is 1. The predicted molar refractivity (Wildman–Crippen MR) is 81.6 cm³/mol. The molecule has 0 aliphatic heterocycles. The van der Waals surface area contributed by atoms with Gasteiger partial charge >= 0.3 is 0 Å². The molecule has 5 nitrogen and oxygen atoms in total. The summed E-state index contributed by atoms with van der Waals surface area (Å²) in [4.78, 5) is 12.3. The molecule has 1 heterocycles. The topological polar surface area (TPSA) is 77.5 Å². The average molecular weight is 282 g/mol. The second-order valence-corrected chi connectivity index (χ2v) is 4.50. The molecule has 106 valence electrons. The number of anilines is 2. The van der Waals surface area contributed by atoms with Crippen LogP contribution in [0.4, 0.5) is 11.4 Å². The summed E-state index contributed by atoms with van der Waals surface area (Å²) >= 11 is 0. The fourth-order valence-corrected chi connectivity index (χ4v) is 2.15. The zero-order valence-corrected chi connectivity index (χ0v) is 11.4. The van der Waals surface area contributed by atoms with E-state index in [9.17, 15) is 4.79 Å². The normalized spacial score (nSPS) is 10.5. The summed E-state index contributed by atoms with van der Waals surface area (Å²) in [5.74, 6) is 0.230. The summed E-state index contributed by atoms with van der Waals surface area (Å²) < 4.78 is 10.8. The first-order valence-electron chi connectivity index (χ1n) is 6.42. The van der Waals surface area contributed by atoms with Crippen LogP contribution < -0.4 is 15.8 Å². The van der Waals surface area contributed by atoms with Crippen LogP contribution in [0.25, 0.3) is 11.0 Å². The Hall–Kier alpha value is -2.95. The number of nitrogens with two attached hydrogens (primary N) is 1. The van der Waals surface area contributed by atoms with Crippen molar-refractivity contribution in [3.8, 4) is 5.75 Å². The minimum absolute atomic E-state index is 0.0818. The number of amides is 1. The fourth-order valence-electron chi connectivity index (χ4n) is 2.15. The molecule has 3 N–H and O–H groups in total. The van der Waals surface area contributed by atoms with Gasteiger partial charge in [0.05, 0.1) is 12.8 Å². The molecule has 0 aliphatic carbocycles. The molecular formula is C16H14N2O3. The van der Waals surface area contributed by atoms with Crippen molar-refractivity contribution in [2.75, 3.05) is 18.2 Å². The lowest BCUT2D eigenvalue weighted by Crippen LogP contribution is -2.12. The van der Waals surface area contributed by atoms with Crippen molar-refractivity contribution in [1.82, 2.24) is 0 Å². The number of hydrogen-bond donors (Lipinski definition) is 2. The van der Waals surface area contributed by atoms with Crippen LogP contribution >= 0.6 is 0 Å². The summed E-state index contributed by atoms with van der Waals surface area (Å²) in [5, 5.41) is 3.40. The van der Waals surface area contributed by atoms with Gasteiger partial charge in [0.25, 0.3) is 5.91 Å². The zero-order valence-electron chi connectivity index (χ0n) is 11.4. The zero-order chi connectivity index (χ0) is 14.8. The maximum atomic E-state index is 12.3. The van der Waals surface area contributed by atoms with Crippen LogP contribution in [-0.4, -0.2) is 13.0 Å². The number of fused-ring (bicyclic) bond motifs is 1. The van der Waals surface area contributed by atoms with Gasteiger partial charge in [-0.3, -0.25) is 4.79 Å². The van der Waals surface area contributed by atoms with Crippen LogP contribution in [-0.2, 0) is 0 Å². The molecule has 0 saturated carbocycles. The summed E-state index contributed by atoms with van der Waals surface area (Å²) in [6, 6.07) is 14.5. The summed E-state index contributed by atoms with van der Waals surface area (Å²) in [7, 11) is 1.54. The number of ether oxygens (including phenoxy) is 1. The van der Waals surface area contributed by atoms with Crippen molar-refractivity contribution in [3.63, 3.8) is 0 Å². The van der Waals surface area contributed by atoms with Crippen LogP contribution in [0.3, 0.4) is 0 Å². The summed E-state index contributed by atoms with van der Waals surface area (Å²) in [5.41, 5.74) is 7.45. The van der Waals surface area contributed by atoms with Gasteiger partial charge in [0, 0.05) is 11.1 Å². The smallest absolute Gasteiger partial charge is 0.293 e. The van der Waals surface area contributed by atoms with E-state index in [1.54, 1.807) is 30.3 Å². The lowest BCUT2D eigenvalue weighted by Gasteiger charge is -2.02. The third kappa shape index (κ3) is 2.29. The van der Waals surface area contributed by atoms with E-state index in [2.05, 4.69) is 5.32 Å². The van der Waals surface area contributed by atoms with E-state index in [0.29, 0.717) is 28.1 Å². The van der Waals surface area contributed by atoms with Crippen molar-refractivity contribution in [3.05, 3.63) is 54.3 Å². The number of carbonyl (C=O) groups excluding carboxylic acids is 1. The number of hydrogen-bond acceptors (Lipinski definition) is 4. The highest BCUT2D eigenvalue weighted by atomic mass is 16.5. The second kappa shape index (κ2) is 5.20. The standard InChI is InChI=1S/C16H14N2O3/c1-20-12-9-5-8-11-13(17)15(21-14(11)12)16(19)18-10-6-3-2-4-7-10/h2-9H,17H2,1H3,(H,18,19). The molecule has 0 spiro atoms. The third-order valence-electron chi connectivity index (χ3n) is 3.18. The SMILES string of the molecule is COc1cccc2c(N)c(C(=O)Nc3ccccc3)oc12. The number of nitrogen functional groups attached to an aromatic ring is 1. The molecule has 0 saturated heterocycles. The van der Waals surface area contributed by atoms with Gasteiger partial charge in [-0.25, -0.2) is 0 Å². The molecule has 2 aromatic carbocycles. The Bertz CT molecular complexity index is 794. The monoisotopic (exact) mass is 282 g/mol. The van der Waals surface area contributed by atoms with Crippen LogP contribution in [0.5, 0.6) is 5.75 Å². The van der Waals surface area contributed by atoms with Crippen molar-refractivity contribution in [2.24, 2.45) is 0 Å². The van der Waals surface area contributed by atoms with Crippen LogP contribution in [0.1, 0.15) is 10.6 Å².